The van der Waals surface area contributed by atoms with Gasteiger partial charge in [0.1, 0.15) is 12.1 Å². The Labute approximate surface area is 157 Å². The van der Waals surface area contributed by atoms with E-state index in [9.17, 15) is 4.79 Å². The van der Waals surface area contributed by atoms with Gasteiger partial charge in [-0.3, -0.25) is 4.79 Å². The topological polar surface area (TPSA) is 81.4 Å². The lowest BCUT2D eigenvalue weighted by Gasteiger charge is -2.27. The molecule has 0 spiro atoms. The molecule has 2 aromatic heterocycles. The quantitative estimate of drug-likeness (QED) is 0.675. The zero-order valence-corrected chi connectivity index (χ0v) is 15.4. The summed E-state index contributed by atoms with van der Waals surface area (Å²) in [5.74, 6) is 1.18. The van der Waals surface area contributed by atoms with Crippen molar-refractivity contribution in [3.05, 3.63) is 42.7 Å². The zero-order chi connectivity index (χ0) is 18.7. The number of carbonyl (C=O) groups is 1. The molecule has 2 heterocycles. The number of rotatable bonds is 6. The predicted molar refractivity (Wildman–Crippen MR) is 102 cm³/mol. The van der Waals surface area contributed by atoms with Crippen molar-refractivity contribution in [2.75, 3.05) is 18.5 Å². The predicted octanol–water partition coefficient (Wildman–Crippen LogP) is 3.33. The third-order valence-electron chi connectivity index (χ3n) is 5.20. The van der Waals surface area contributed by atoms with Crippen LogP contribution in [0.1, 0.15) is 32.6 Å². The largest absolute Gasteiger partial charge is 0.466 e. The first-order chi connectivity index (χ1) is 13.2. The molecule has 1 aromatic carbocycles. The number of hydrogen-bond acceptors (Lipinski definition) is 6. The molecule has 1 aliphatic carbocycles. The van der Waals surface area contributed by atoms with Crippen molar-refractivity contribution in [1.29, 1.82) is 0 Å². The van der Waals surface area contributed by atoms with Crippen LogP contribution in [0.3, 0.4) is 0 Å². The maximum atomic E-state index is 12.6. The molecule has 0 bridgehead atoms. The fraction of sp³-hybridized carbons (Fsp3) is 0.400. The average Bonchev–Trinajstić information content (AvgIpc) is 3.37. The normalized spacial score (nSPS) is 15.7. The van der Waals surface area contributed by atoms with Gasteiger partial charge in [-0.1, -0.05) is 43.2 Å². The first kappa shape index (κ1) is 17.5. The minimum Gasteiger partial charge on any atom is -0.466 e. The number of nitrogens with zero attached hydrogens (tertiary/aromatic N) is 4. The molecule has 1 aliphatic rings. The van der Waals surface area contributed by atoms with Gasteiger partial charge in [0.25, 0.3) is 5.78 Å². The number of anilines is 1. The summed E-state index contributed by atoms with van der Waals surface area (Å²) >= 11 is 0. The van der Waals surface area contributed by atoms with Gasteiger partial charge in [0.05, 0.1) is 17.7 Å². The van der Waals surface area contributed by atoms with Crippen molar-refractivity contribution in [1.82, 2.24) is 19.6 Å². The van der Waals surface area contributed by atoms with Crippen molar-refractivity contribution < 1.29 is 9.53 Å². The Morgan fingerprint density at radius 1 is 1.26 bits per heavy atom. The third-order valence-corrected chi connectivity index (χ3v) is 5.20. The average molecular weight is 365 g/mol. The van der Waals surface area contributed by atoms with Crippen LogP contribution in [0.2, 0.25) is 0 Å². The molecule has 27 heavy (non-hydrogen) atoms. The Hall–Kier alpha value is -2.96. The summed E-state index contributed by atoms with van der Waals surface area (Å²) in [6.07, 6.45) is 5.26. The number of fused-ring (bicyclic) bond motifs is 1. The fourth-order valence-electron chi connectivity index (χ4n) is 3.74. The van der Waals surface area contributed by atoms with Gasteiger partial charge in [-0.15, -0.1) is 0 Å². The summed E-state index contributed by atoms with van der Waals surface area (Å²) in [6.45, 7) is 2.77. The number of carbonyl (C=O) groups excluding carboxylic acids is 1. The highest BCUT2D eigenvalue weighted by Crippen LogP contribution is 2.39. The lowest BCUT2D eigenvalue weighted by Crippen LogP contribution is -2.37. The van der Waals surface area contributed by atoms with Crippen molar-refractivity contribution in [2.45, 2.75) is 32.6 Å². The van der Waals surface area contributed by atoms with Crippen LogP contribution in [-0.2, 0) is 9.53 Å². The molecular weight excluding hydrogens is 342 g/mol. The summed E-state index contributed by atoms with van der Waals surface area (Å²) in [6, 6.07) is 11.9. The van der Waals surface area contributed by atoms with Gasteiger partial charge in [-0.25, -0.2) is 4.98 Å². The van der Waals surface area contributed by atoms with Crippen LogP contribution in [0.4, 0.5) is 5.82 Å². The monoisotopic (exact) mass is 365 g/mol. The van der Waals surface area contributed by atoms with Gasteiger partial charge in [0.2, 0.25) is 0 Å². The van der Waals surface area contributed by atoms with Gasteiger partial charge in [0.15, 0.2) is 0 Å². The van der Waals surface area contributed by atoms with E-state index in [4.69, 9.17) is 4.74 Å². The summed E-state index contributed by atoms with van der Waals surface area (Å²) in [7, 11) is 0. The van der Waals surface area contributed by atoms with E-state index >= 15 is 0 Å². The van der Waals surface area contributed by atoms with Gasteiger partial charge < -0.3 is 10.1 Å². The second kappa shape index (κ2) is 7.34. The smallest absolute Gasteiger partial charge is 0.313 e. The van der Waals surface area contributed by atoms with Crippen LogP contribution in [-0.4, -0.2) is 38.7 Å². The number of esters is 1. The summed E-state index contributed by atoms with van der Waals surface area (Å²) < 4.78 is 7.02. The van der Waals surface area contributed by atoms with Crippen molar-refractivity contribution in [3.63, 3.8) is 0 Å². The number of aromatic nitrogens is 4. The Kier molecular flexibility index (Phi) is 4.75. The molecule has 0 saturated heterocycles. The van der Waals surface area contributed by atoms with Crippen LogP contribution >= 0.6 is 0 Å². The number of hydrogen-bond donors (Lipinski definition) is 1. The summed E-state index contributed by atoms with van der Waals surface area (Å²) in [5.41, 5.74) is 1.35. The van der Waals surface area contributed by atoms with Gasteiger partial charge in [-0.05, 0) is 19.8 Å². The number of nitrogens with one attached hydrogen (secondary N) is 1. The minimum absolute atomic E-state index is 0.109. The Morgan fingerprint density at radius 2 is 2.04 bits per heavy atom. The van der Waals surface area contributed by atoms with E-state index in [0.717, 1.165) is 42.8 Å². The van der Waals surface area contributed by atoms with Gasteiger partial charge >= 0.3 is 5.97 Å². The molecule has 0 atom stereocenters. The van der Waals surface area contributed by atoms with E-state index in [1.807, 2.05) is 43.3 Å². The molecule has 0 amide bonds. The van der Waals surface area contributed by atoms with Crippen LogP contribution < -0.4 is 5.32 Å². The maximum Gasteiger partial charge on any atom is 0.313 e. The van der Waals surface area contributed by atoms with Crippen LogP contribution in [0.15, 0.2) is 42.7 Å². The number of ether oxygens (including phenoxy) is 1. The highest BCUT2D eigenvalue weighted by molar-refractivity contribution is 5.78. The highest BCUT2D eigenvalue weighted by Gasteiger charge is 2.42. The van der Waals surface area contributed by atoms with Crippen molar-refractivity contribution in [3.8, 4) is 11.3 Å². The Bertz CT molecular complexity index is 932. The molecule has 140 valence electrons. The second-order valence-corrected chi connectivity index (χ2v) is 6.93. The van der Waals surface area contributed by atoms with Crippen LogP contribution in [0, 0.1) is 5.41 Å². The SMILES string of the molecule is CCOC(=O)C1(CNc2cc(-c3ccccc3)nc3ncnn23)CCCC1. The lowest BCUT2D eigenvalue weighted by molar-refractivity contribution is -0.154. The molecule has 4 rings (SSSR count). The molecule has 1 N–H and O–H groups in total. The first-order valence-corrected chi connectivity index (χ1v) is 9.39. The molecule has 1 saturated carbocycles. The molecular formula is C20H23N5O2. The molecule has 7 heteroatoms. The van der Waals surface area contributed by atoms with Crippen LogP contribution in [0.25, 0.3) is 17.0 Å². The van der Waals surface area contributed by atoms with Gasteiger partial charge in [0, 0.05) is 18.2 Å². The third kappa shape index (κ3) is 3.37. The maximum absolute atomic E-state index is 12.6. The van der Waals surface area contributed by atoms with E-state index in [-0.39, 0.29) is 5.97 Å². The minimum atomic E-state index is -0.473. The van der Waals surface area contributed by atoms with Crippen molar-refractivity contribution >= 4 is 17.6 Å². The molecule has 0 radical (unpaired) electrons. The number of benzene rings is 1. The summed E-state index contributed by atoms with van der Waals surface area (Å²) in [5, 5.41) is 7.69. The lowest BCUT2D eigenvalue weighted by atomic mass is 9.86. The highest BCUT2D eigenvalue weighted by atomic mass is 16.5. The van der Waals surface area contributed by atoms with E-state index in [2.05, 4.69) is 20.4 Å². The first-order valence-electron chi connectivity index (χ1n) is 9.39. The Balaban J connectivity index is 1.65. The molecule has 1 fully saturated rings. The molecule has 3 aromatic rings. The zero-order valence-electron chi connectivity index (χ0n) is 15.4. The van der Waals surface area contributed by atoms with Crippen LogP contribution in [0.5, 0.6) is 0 Å². The van der Waals surface area contributed by atoms with E-state index in [1.54, 1.807) is 4.52 Å². The van der Waals surface area contributed by atoms with E-state index < -0.39 is 5.41 Å². The van der Waals surface area contributed by atoms with E-state index in [1.165, 1.54) is 6.33 Å². The molecule has 0 unspecified atom stereocenters. The Morgan fingerprint density at radius 3 is 2.78 bits per heavy atom. The van der Waals surface area contributed by atoms with Gasteiger partial charge in [-0.2, -0.15) is 14.6 Å². The molecule has 0 aliphatic heterocycles. The standard InChI is InChI=1S/C20H23N5O2/c1-2-27-18(26)20(10-6-7-11-20)13-21-17-12-16(15-8-4-3-5-9-15)24-19-22-14-23-25(17)19/h3-5,8-9,12,14,21H,2,6-7,10-11,13H2,1H3. The van der Waals surface area contributed by atoms with Crippen molar-refractivity contribution in [2.24, 2.45) is 5.41 Å². The second-order valence-electron chi connectivity index (χ2n) is 6.93. The van der Waals surface area contributed by atoms with E-state index in [0.29, 0.717) is 18.9 Å². The fourth-order valence-corrected chi connectivity index (χ4v) is 3.74. The summed E-state index contributed by atoms with van der Waals surface area (Å²) in [4.78, 5) is 21.4. The molecule has 7 nitrogen and oxygen atoms in total.